The predicted octanol–water partition coefficient (Wildman–Crippen LogP) is -1.30. The highest BCUT2D eigenvalue weighted by Crippen LogP contribution is 2.19. The average molecular weight is 323 g/mol. The second-order valence-corrected chi connectivity index (χ2v) is 4.78. The summed E-state index contributed by atoms with van der Waals surface area (Å²) in [4.78, 5) is 15.4. The van der Waals surface area contributed by atoms with E-state index in [2.05, 4.69) is 19.9 Å². The molecule has 0 bridgehead atoms. The van der Waals surface area contributed by atoms with Crippen LogP contribution < -0.4 is 0 Å². The van der Waals surface area contributed by atoms with Crippen LogP contribution in [0.2, 0.25) is 0 Å². The van der Waals surface area contributed by atoms with E-state index in [4.69, 9.17) is 0 Å². The molecule has 1 aromatic carbocycles. The van der Waals surface area contributed by atoms with Crippen molar-refractivity contribution >= 4 is 17.0 Å². The molecule has 4 N–H and O–H groups in total. The van der Waals surface area contributed by atoms with Crippen molar-refractivity contribution in [3.63, 3.8) is 0 Å². The lowest BCUT2D eigenvalue weighted by Gasteiger charge is -2.24. The molecule has 124 valence electrons. The number of carbonyl (C=O) groups excluding carboxylic acids is 1. The van der Waals surface area contributed by atoms with Crippen LogP contribution in [0.15, 0.2) is 24.3 Å². The van der Waals surface area contributed by atoms with Gasteiger partial charge >= 0.3 is 5.97 Å². The Bertz CT molecular complexity index is 682. The highest BCUT2D eigenvalue weighted by molar-refractivity contribution is 5.75. The molecule has 2 rings (SSSR count). The Morgan fingerprint density at radius 2 is 1.74 bits per heavy atom. The highest BCUT2D eigenvalue weighted by Gasteiger charge is 2.37. The minimum Gasteiger partial charge on any atom is -0.464 e. The molecule has 0 radical (unpaired) electrons. The Labute approximate surface area is 131 Å². The van der Waals surface area contributed by atoms with Crippen molar-refractivity contribution in [3.8, 4) is 0 Å². The molecule has 0 aliphatic rings. The smallest absolute Gasteiger partial charge is 0.337 e. The normalized spacial score (nSPS) is 16.6. The summed E-state index contributed by atoms with van der Waals surface area (Å²) in [6.07, 6.45) is -7.63. The number of para-hydroxylation sites is 1. The fourth-order valence-corrected chi connectivity index (χ4v) is 1.91. The van der Waals surface area contributed by atoms with Gasteiger partial charge in [0.15, 0.2) is 11.9 Å². The second-order valence-electron chi connectivity index (χ2n) is 4.78. The fourth-order valence-electron chi connectivity index (χ4n) is 1.91. The number of carbonyl (C=O) groups is 1. The molecule has 0 unspecified atom stereocenters. The third-order valence-corrected chi connectivity index (χ3v) is 3.17. The van der Waals surface area contributed by atoms with Crippen LogP contribution in [0.3, 0.4) is 0 Å². The first-order valence-electron chi connectivity index (χ1n) is 6.94. The Morgan fingerprint density at radius 3 is 2.39 bits per heavy atom. The van der Waals surface area contributed by atoms with Crippen LogP contribution in [0.25, 0.3) is 11.0 Å². The van der Waals surface area contributed by atoms with Gasteiger partial charge in [-0.25, -0.2) is 9.78 Å². The number of esters is 1. The predicted molar refractivity (Wildman–Crippen MR) is 76.9 cm³/mol. The molecule has 23 heavy (non-hydrogen) atoms. The van der Waals surface area contributed by atoms with Crippen LogP contribution >= 0.6 is 0 Å². The van der Waals surface area contributed by atoms with E-state index in [1.165, 1.54) is 6.92 Å². The maximum Gasteiger partial charge on any atom is 0.337 e. The number of nitrogens with zero attached hydrogens (tertiary/aromatic N) is 3. The summed E-state index contributed by atoms with van der Waals surface area (Å²) in [6.45, 7) is 1.52. The topological polar surface area (TPSA) is 146 Å². The van der Waals surface area contributed by atoms with E-state index in [-0.39, 0.29) is 12.4 Å². The van der Waals surface area contributed by atoms with Gasteiger partial charge in [-0.15, -0.1) is 10.2 Å². The summed E-state index contributed by atoms with van der Waals surface area (Å²) in [7, 11) is 0. The number of aliphatic hydroxyl groups is 4. The SMILES string of the molecule is CCOC(=O)[C@@H](O)[C@H](O)[C@H](O)[C@@H](O)c1nnc2ccccc2n1. The van der Waals surface area contributed by atoms with Gasteiger partial charge in [0.05, 0.1) is 12.1 Å². The Balaban J connectivity index is 2.16. The monoisotopic (exact) mass is 323 g/mol. The number of benzene rings is 1. The van der Waals surface area contributed by atoms with E-state index >= 15 is 0 Å². The lowest BCUT2D eigenvalue weighted by Crippen LogP contribution is -2.45. The summed E-state index contributed by atoms with van der Waals surface area (Å²) in [6, 6.07) is 6.75. The van der Waals surface area contributed by atoms with Crippen molar-refractivity contribution in [2.45, 2.75) is 31.3 Å². The summed E-state index contributed by atoms with van der Waals surface area (Å²) < 4.78 is 4.53. The van der Waals surface area contributed by atoms with Gasteiger partial charge < -0.3 is 25.2 Å². The van der Waals surface area contributed by atoms with E-state index in [0.717, 1.165) is 0 Å². The average Bonchev–Trinajstić information content (AvgIpc) is 2.58. The highest BCUT2D eigenvalue weighted by atomic mass is 16.5. The maximum atomic E-state index is 11.4. The van der Waals surface area contributed by atoms with Crippen molar-refractivity contribution < 1.29 is 30.0 Å². The molecule has 0 aliphatic carbocycles. The molecule has 0 spiro atoms. The van der Waals surface area contributed by atoms with Gasteiger partial charge in [0.1, 0.15) is 23.8 Å². The zero-order valence-corrected chi connectivity index (χ0v) is 12.3. The molecule has 0 saturated heterocycles. The van der Waals surface area contributed by atoms with Crippen LogP contribution in [-0.4, -0.2) is 66.5 Å². The van der Waals surface area contributed by atoms with Crippen molar-refractivity contribution in [1.82, 2.24) is 15.2 Å². The Hall–Kier alpha value is -2.20. The Morgan fingerprint density at radius 1 is 1.09 bits per heavy atom. The zero-order valence-electron chi connectivity index (χ0n) is 12.3. The molecule has 1 aromatic heterocycles. The number of fused-ring (bicyclic) bond motifs is 1. The summed E-state index contributed by atoms with van der Waals surface area (Å²) in [5, 5.41) is 46.9. The quantitative estimate of drug-likeness (QED) is 0.476. The first-order valence-corrected chi connectivity index (χ1v) is 6.94. The van der Waals surface area contributed by atoms with Gasteiger partial charge in [0.2, 0.25) is 0 Å². The van der Waals surface area contributed by atoms with Crippen LogP contribution in [0.1, 0.15) is 18.9 Å². The van der Waals surface area contributed by atoms with Gasteiger partial charge in [0.25, 0.3) is 0 Å². The minimum absolute atomic E-state index is 0.00102. The maximum absolute atomic E-state index is 11.4. The largest absolute Gasteiger partial charge is 0.464 e. The van der Waals surface area contributed by atoms with Crippen LogP contribution in [-0.2, 0) is 9.53 Å². The molecule has 9 heteroatoms. The first-order chi connectivity index (χ1) is 11.0. The molecule has 0 aliphatic heterocycles. The number of ether oxygens (including phenoxy) is 1. The molecule has 0 amide bonds. The lowest BCUT2D eigenvalue weighted by atomic mass is 10.0. The van der Waals surface area contributed by atoms with Crippen LogP contribution in [0.5, 0.6) is 0 Å². The van der Waals surface area contributed by atoms with Gasteiger partial charge in [-0.05, 0) is 19.1 Å². The van der Waals surface area contributed by atoms with E-state index in [0.29, 0.717) is 11.0 Å². The van der Waals surface area contributed by atoms with Crippen molar-refractivity contribution in [1.29, 1.82) is 0 Å². The van der Waals surface area contributed by atoms with E-state index in [1.54, 1.807) is 24.3 Å². The lowest BCUT2D eigenvalue weighted by molar-refractivity contribution is -0.169. The van der Waals surface area contributed by atoms with Gasteiger partial charge in [0, 0.05) is 0 Å². The molecular weight excluding hydrogens is 306 g/mol. The summed E-state index contributed by atoms with van der Waals surface area (Å²) >= 11 is 0. The number of hydrogen-bond donors (Lipinski definition) is 4. The Kier molecular flexibility index (Phi) is 5.50. The van der Waals surface area contributed by atoms with Crippen LogP contribution in [0.4, 0.5) is 0 Å². The van der Waals surface area contributed by atoms with E-state index < -0.39 is 30.4 Å². The number of aromatic nitrogens is 3. The zero-order chi connectivity index (χ0) is 17.0. The first kappa shape index (κ1) is 17.2. The third-order valence-electron chi connectivity index (χ3n) is 3.17. The molecular formula is C14H17N3O6. The van der Waals surface area contributed by atoms with Gasteiger partial charge in [-0.2, -0.15) is 0 Å². The number of aliphatic hydroxyl groups excluding tert-OH is 4. The van der Waals surface area contributed by atoms with Crippen molar-refractivity contribution in [3.05, 3.63) is 30.1 Å². The summed E-state index contributed by atoms with van der Waals surface area (Å²) in [5.74, 6) is -1.35. The van der Waals surface area contributed by atoms with E-state index in [9.17, 15) is 25.2 Å². The molecule has 1 heterocycles. The second kappa shape index (κ2) is 7.38. The third kappa shape index (κ3) is 3.77. The summed E-state index contributed by atoms with van der Waals surface area (Å²) in [5.41, 5.74) is 0.925. The number of hydrogen-bond acceptors (Lipinski definition) is 9. The van der Waals surface area contributed by atoms with Crippen molar-refractivity contribution in [2.75, 3.05) is 6.61 Å². The molecule has 0 saturated carbocycles. The van der Waals surface area contributed by atoms with Gasteiger partial charge in [-0.1, -0.05) is 12.1 Å². The van der Waals surface area contributed by atoms with Crippen molar-refractivity contribution in [2.24, 2.45) is 0 Å². The fraction of sp³-hybridized carbons (Fsp3) is 0.429. The molecule has 2 aromatic rings. The minimum atomic E-state index is -2.01. The standard InChI is InChI=1S/C14H17N3O6/c1-2-23-14(22)12(21)10(19)9(18)11(20)13-15-7-5-3-4-6-8(7)16-17-13/h3-6,9-12,18-21H,2H2,1H3/t9-,10+,11+,12-/m0/s1. The molecule has 4 atom stereocenters. The van der Waals surface area contributed by atoms with E-state index in [1.807, 2.05) is 0 Å². The van der Waals surface area contributed by atoms with Crippen LogP contribution in [0, 0.1) is 0 Å². The van der Waals surface area contributed by atoms with Gasteiger partial charge in [-0.3, -0.25) is 0 Å². The molecule has 0 fully saturated rings. The molecule has 9 nitrogen and oxygen atoms in total. The number of rotatable bonds is 6.